The van der Waals surface area contributed by atoms with Gasteiger partial charge in [-0.1, -0.05) is 42.2 Å². The summed E-state index contributed by atoms with van der Waals surface area (Å²) >= 11 is 5.97. The fourth-order valence-corrected chi connectivity index (χ4v) is 2.18. The summed E-state index contributed by atoms with van der Waals surface area (Å²) in [4.78, 5) is 8.55. The molecular formula is C16H22ClN5O. The van der Waals surface area contributed by atoms with E-state index in [-0.39, 0.29) is 0 Å². The lowest BCUT2D eigenvalue weighted by molar-refractivity contribution is 0.378. The van der Waals surface area contributed by atoms with Crippen molar-refractivity contribution in [1.82, 2.24) is 20.8 Å². The second-order valence-electron chi connectivity index (χ2n) is 5.05. The van der Waals surface area contributed by atoms with Crippen molar-refractivity contribution in [2.45, 2.75) is 26.2 Å². The average molecular weight is 336 g/mol. The van der Waals surface area contributed by atoms with E-state index in [0.717, 1.165) is 30.9 Å². The molecule has 0 atom stereocenters. The third kappa shape index (κ3) is 5.56. The van der Waals surface area contributed by atoms with E-state index in [9.17, 15) is 0 Å². The Hall–Kier alpha value is -2.08. The van der Waals surface area contributed by atoms with E-state index in [2.05, 4.69) is 32.7 Å². The maximum atomic E-state index is 5.97. The molecule has 0 saturated carbocycles. The number of hydrogen-bond donors (Lipinski definition) is 2. The SMILES string of the molecule is CCCCNC(=NC)NCCc1nc(-c2cccc(Cl)c2)no1. The van der Waals surface area contributed by atoms with Crippen molar-refractivity contribution < 1.29 is 4.52 Å². The van der Waals surface area contributed by atoms with Crippen LogP contribution in [-0.4, -0.2) is 36.2 Å². The van der Waals surface area contributed by atoms with Crippen molar-refractivity contribution in [3.63, 3.8) is 0 Å². The molecule has 0 saturated heterocycles. The Bertz CT molecular complexity index is 641. The zero-order valence-electron chi connectivity index (χ0n) is 13.5. The topological polar surface area (TPSA) is 75.3 Å². The molecule has 0 amide bonds. The highest BCUT2D eigenvalue weighted by molar-refractivity contribution is 6.30. The third-order valence-electron chi connectivity index (χ3n) is 3.23. The van der Waals surface area contributed by atoms with Gasteiger partial charge in [0.2, 0.25) is 11.7 Å². The van der Waals surface area contributed by atoms with Crippen molar-refractivity contribution in [2.24, 2.45) is 4.99 Å². The monoisotopic (exact) mass is 335 g/mol. The minimum Gasteiger partial charge on any atom is -0.356 e. The molecule has 1 heterocycles. The average Bonchev–Trinajstić information content (AvgIpc) is 3.02. The number of guanidine groups is 1. The quantitative estimate of drug-likeness (QED) is 0.462. The Labute approximate surface area is 141 Å². The molecule has 0 aliphatic rings. The predicted molar refractivity (Wildman–Crippen MR) is 92.7 cm³/mol. The van der Waals surface area contributed by atoms with Crippen LogP contribution in [0, 0.1) is 0 Å². The van der Waals surface area contributed by atoms with Crippen molar-refractivity contribution in [1.29, 1.82) is 0 Å². The molecule has 7 heteroatoms. The number of aromatic nitrogens is 2. The summed E-state index contributed by atoms with van der Waals surface area (Å²) < 4.78 is 5.27. The highest BCUT2D eigenvalue weighted by Crippen LogP contribution is 2.19. The van der Waals surface area contributed by atoms with Gasteiger partial charge in [-0.2, -0.15) is 4.98 Å². The first-order chi connectivity index (χ1) is 11.2. The van der Waals surface area contributed by atoms with Crippen LogP contribution in [0.15, 0.2) is 33.8 Å². The molecule has 0 radical (unpaired) electrons. The van der Waals surface area contributed by atoms with Gasteiger partial charge in [0.05, 0.1) is 0 Å². The van der Waals surface area contributed by atoms with Crippen LogP contribution in [0.2, 0.25) is 5.02 Å². The lowest BCUT2D eigenvalue weighted by Gasteiger charge is -2.10. The Morgan fingerprint density at radius 2 is 2.13 bits per heavy atom. The predicted octanol–water partition coefficient (Wildman–Crippen LogP) is 2.90. The number of benzene rings is 1. The third-order valence-corrected chi connectivity index (χ3v) is 3.46. The van der Waals surface area contributed by atoms with Crippen LogP contribution in [0.3, 0.4) is 0 Å². The molecule has 23 heavy (non-hydrogen) atoms. The largest absolute Gasteiger partial charge is 0.356 e. The maximum Gasteiger partial charge on any atom is 0.228 e. The standard InChI is InChI=1S/C16H22ClN5O/c1-3-4-9-19-16(18-2)20-10-8-14-21-15(22-23-14)12-6-5-7-13(17)11-12/h5-7,11H,3-4,8-10H2,1-2H3,(H2,18,19,20). The van der Waals surface area contributed by atoms with Crippen molar-refractivity contribution in [2.75, 3.05) is 20.1 Å². The van der Waals surface area contributed by atoms with Gasteiger partial charge in [-0.25, -0.2) is 0 Å². The fraction of sp³-hybridized carbons (Fsp3) is 0.438. The molecule has 124 valence electrons. The smallest absolute Gasteiger partial charge is 0.228 e. The van der Waals surface area contributed by atoms with Gasteiger partial charge in [-0.15, -0.1) is 0 Å². The molecule has 0 unspecified atom stereocenters. The van der Waals surface area contributed by atoms with Crippen LogP contribution in [0.1, 0.15) is 25.7 Å². The molecule has 2 rings (SSSR count). The first-order valence-corrected chi connectivity index (χ1v) is 8.13. The molecule has 0 bridgehead atoms. The Balaban J connectivity index is 1.83. The minimum atomic E-state index is 0.549. The maximum absolute atomic E-state index is 5.97. The molecule has 0 fully saturated rings. The second kappa shape index (κ2) is 9.15. The molecule has 6 nitrogen and oxygen atoms in total. The molecule has 0 spiro atoms. The van der Waals surface area contributed by atoms with Crippen LogP contribution >= 0.6 is 11.6 Å². The van der Waals surface area contributed by atoms with E-state index in [1.165, 1.54) is 0 Å². The molecule has 1 aromatic carbocycles. The van der Waals surface area contributed by atoms with Gasteiger partial charge in [0, 0.05) is 37.1 Å². The van der Waals surface area contributed by atoms with Gasteiger partial charge in [-0.05, 0) is 18.6 Å². The number of nitrogens with one attached hydrogen (secondary N) is 2. The fourth-order valence-electron chi connectivity index (χ4n) is 1.99. The van der Waals surface area contributed by atoms with Crippen LogP contribution in [0.5, 0.6) is 0 Å². The molecule has 0 aliphatic carbocycles. The zero-order valence-corrected chi connectivity index (χ0v) is 14.2. The van der Waals surface area contributed by atoms with E-state index in [1.54, 1.807) is 7.05 Å². The van der Waals surface area contributed by atoms with Crippen LogP contribution in [0.4, 0.5) is 0 Å². The normalized spacial score (nSPS) is 11.5. The van der Waals surface area contributed by atoms with Crippen LogP contribution in [0.25, 0.3) is 11.4 Å². The summed E-state index contributed by atoms with van der Waals surface area (Å²) in [6.07, 6.45) is 2.90. The lowest BCUT2D eigenvalue weighted by Crippen LogP contribution is -2.38. The van der Waals surface area contributed by atoms with Gasteiger partial charge in [0.15, 0.2) is 5.96 Å². The van der Waals surface area contributed by atoms with Gasteiger partial charge < -0.3 is 15.2 Å². The van der Waals surface area contributed by atoms with Gasteiger partial charge in [0.1, 0.15) is 0 Å². The highest BCUT2D eigenvalue weighted by atomic mass is 35.5. The molecule has 1 aromatic heterocycles. The number of nitrogens with zero attached hydrogens (tertiary/aromatic N) is 3. The van der Waals surface area contributed by atoms with Gasteiger partial charge in [-0.3, -0.25) is 4.99 Å². The van der Waals surface area contributed by atoms with Crippen molar-refractivity contribution in [3.05, 3.63) is 35.2 Å². The second-order valence-corrected chi connectivity index (χ2v) is 5.49. The van der Waals surface area contributed by atoms with E-state index in [0.29, 0.717) is 29.7 Å². The number of aliphatic imine (C=N–C) groups is 1. The number of unbranched alkanes of at least 4 members (excludes halogenated alkanes) is 1. The van der Waals surface area contributed by atoms with Gasteiger partial charge in [0.25, 0.3) is 0 Å². The van der Waals surface area contributed by atoms with E-state index < -0.39 is 0 Å². The summed E-state index contributed by atoms with van der Waals surface area (Å²) in [5, 5.41) is 11.1. The van der Waals surface area contributed by atoms with Crippen molar-refractivity contribution in [3.8, 4) is 11.4 Å². The minimum absolute atomic E-state index is 0.549. The van der Waals surface area contributed by atoms with Gasteiger partial charge >= 0.3 is 0 Å². The molecular weight excluding hydrogens is 314 g/mol. The first kappa shape index (κ1) is 17.3. The zero-order chi connectivity index (χ0) is 16.5. The number of halogens is 1. The van der Waals surface area contributed by atoms with Crippen LogP contribution in [-0.2, 0) is 6.42 Å². The number of rotatable bonds is 7. The number of hydrogen-bond acceptors (Lipinski definition) is 4. The Kier molecular flexibility index (Phi) is 6.87. The highest BCUT2D eigenvalue weighted by Gasteiger charge is 2.09. The van der Waals surface area contributed by atoms with E-state index in [1.807, 2.05) is 24.3 Å². The summed E-state index contributed by atoms with van der Waals surface area (Å²) in [5.41, 5.74) is 0.845. The van der Waals surface area contributed by atoms with E-state index >= 15 is 0 Å². The Morgan fingerprint density at radius 1 is 1.30 bits per heavy atom. The summed E-state index contributed by atoms with van der Waals surface area (Å²) in [6.45, 7) is 3.74. The van der Waals surface area contributed by atoms with E-state index in [4.69, 9.17) is 16.1 Å². The van der Waals surface area contributed by atoms with Crippen molar-refractivity contribution >= 4 is 17.6 Å². The summed E-state index contributed by atoms with van der Waals surface area (Å²) in [7, 11) is 1.76. The Morgan fingerprint density at radius 3 is 2.87 bits per heavy atom. The van der Waals surface area contributed by atoms with Crippen LogP contribution < -0.4 is 10.6 Å². The summed E-state index contributed by atoms with van der Waals surface area (Å²) in [5.74, 6) is 1.91. The molecule has 0 aliphatic heterocycles. The molecule has 2 aromatic rings. The lowest BCUT2D eigenvalue weighted by atomic mass is 10.2. The molecule has 2 N–H and O–H groups in total. The first-order valence-electron chi connectivity index (χ1n) is 7.76. The summed E-state index contributed by atoms with van der Waals surface area (Å²) in [6, 6.07) is 7.39.